The molecule has 0 saturated carbocycles. The number of ether oxygens (including phenoxy) is 1. The summed E-state index contributed by atoms with van der Waals surface area (Å²) in [6.07, 6.45) is 2.19. The molecule has 0 aromatic carbocycles. The maximum atomic E-state index is 12.0. The average Bonchev–Trinajstić information content (AvgIpc) is 3.38. The summed E-state index contributed by atoms with van der Waals surface area (Å²) >= 11 is 0. The number of likely N-dealkylation sites (N-methyl/N-ethyl adjacent to an activating group) is 1. The van der Waals surface area contributed by atoms with Gasteiger partial charge in [-0.1, -0.05) is 19.8 Å². The molecule has 1 aliphatic rings. The Hall–Kier alpha value is -2.59. The lowest BCUT2D eigenvalue weighted by molar-refractivity contribution is -0.121. The van der Waals surface area contributed by atoms with Gasteiger partial charge in [0.2, 0.25) is 11.9 Å². The fourth-order valence-corrected chi connectivity index (χ4v) is 4.81. The molecule has 3 heterocycles. The maximum absolute atomic E-state index is 12.0. The van der Waals surface area contributed by atoms with E-state index in [1.807, 2.05) is 6.92 Å². The van der Waals surface area contributed by atoms with Gasteiger partial charge in [0.15, 0.2) is 17.7 Å². The second-order valence-corrected chi connectivity index (χ2v) is 11.4. The molecule has 0 radical (unpaired) electrons. The molecular formula is C22H38N8O6S. The van der Waals surface area contributed by atoms with E-state index in [0.717, 1.165) is 12.8 Å². The number of nitrogens with zero attached hydrogens (tertiary/aromatic N) is 4. The number of hydrogen-bond acceptors (Lipinski definition) is 12. The summed E-state index contributed by atoms with van der Waals surface area (Å²) in [5.41, 5.74) is 6.74. The van der Waals surface area contributed by atoms with Gasteiger partial charge in [-0.3, -0.25) is 9.36 Å². The molecule has 0 spiro atoms. The van der Waals surface area contributed by atoms with E-state index in [-0.39, 0.29) is 23.4 Å². The average molecular weight is 543 g/mol. The van der Waals surface area contributed by atoms with Crippen molar-refractivity contribution < 1.29 is 28.2 Å². The molecule has 0 bridgehead atoms. The summed E-state index contributed by atoms with van der Waals surface area (Å²) in [5, 5.41) is 29.9. The van der Waals surface area contributed by atoms with E-state index in [2.05, 4.69) is 30.9 Å². The molecule has 1 amide bonds. The zero-order valence-corrected chi connectivity index (χ0v) is 22.1. The highest BCUT2D eigenvalue weighted by Gasteiger charge is 2.44. The predicted octanol–water partition coefficient (Wildman–Crippen LogP) is -0.840. The Kier molecular flexibility index (Phi) is 10.4. The van der Waals surface area contributed by atoms with Crippen molar-refractivity contribution in [2.45, 2.75) is 63.6 Å². The Morgan fingerprint density at radius 3 is 2.65 bits per heavy atom. The van der Waals surface area contributed by atoms with Gasteiger partial charge < -0.3 is 36.6 Å². The molecule has 0 unspecified atom stereocenters. The molecule has 1 fully saturated rings. The number of unbranched alkanes of at least 4 members (excludes halogenated alkanes) is 3. The van der Waals surface area contributed by atoms with Crippen molar-refractivity contribution in [1.82, 2.24) is 30.2 Å². The van der Waals surface area contributed by atoms with Crippen LogP contribution in [0.3, 0.4) is 0 Å². The number of rotatable bonds is 15. The van der Waals surface area contributed by atoms with Crippen LogP contribution in [0.1, 0.15) is 45.3 Å². The summed E-state index contributed by atoms with van der Waals surface area (Å²) in [6, 6.07) is 0. The smallest absolute Gasteiger partial charge is 0.226 e. The molecule has 37 heavy (non-hydrogen) atoms. The minimum Gasteiger partial charge on any atom is -0.387 e. The van der Waals surface area contributed by atoms with Crippen LogP contribution in [0.2, 0.25) is 0 Å². The molecule has 15 heteroatoms. The molecule has 2 aromatic heterocycles. The van der Waals surface area contributed by atoms with Crippen LogP contribution in [0.15, 0.2) is 6.33 Å². The largest absolute Gasteiger partial charge is 0.387 e. The van der Waals surface area contributed by atoms with Gasteiger partial charge in [-0.15, -0.1) is 0 Å². The molecule has 0 aliphatic carbocycles. The molecule has 2 aromatic rings. The van der Waals surface area contributed by atoms with Crippen molar-refractivity contribution in [2.75, 3.05) is 49.2 Å². The number of nitrogen functional groups attached to an aromatic ring is 1. The van der Waals surface area contributed by atoms with Crippen LogP contribution >= 0.6 is 0 Å². The van der Waals surface area contributed by atoms with Gasteiger partial charge in [-0.2, -0.15) is 9.97 Å². The van der Waals surface area contributed by atoms with E-state index in [9.17, 15) is 23.4 Å². The number of anilines is 2. The summed E-state index contributed by atoms with van der Waals surface area (Å²) in [7, 11) is -2.93. The Balaban J connectivity index is 1.48. The van der Waals surface area contributed by atoms with Gasteiger partial charge in [0.05, 0.1) is 6.33 Å². The van der Waals surface area contributed by atoms with Crippen LogP contribution in [0.25, 0.3) is 11.2 Å². The number of nitrogens with two attached hydrogens (primary N) is 1. The molecule has 208 valence electrons. The van der Waals surface area contributed by atoms with Crippen molar-refractivity contribution in [3.63, 3.8) is 0 Å². The second kappa shape index (κ2) is 13.3. The summed E-state index contributed by atoms with van der Waals surface area (Å²) in [5.74, 6) is 0.460. The van der Waals surface area contributed by atoms with Crippen molar-refractivity contribution in [3.8, 4) is 0 Å². The lowest BCUT2D eigenvalue weighted by Gasteiger charge is -2.17. The minimum absolute atomic E-state index is 0.0862. The number of imidazole rings is 1. The minimum atomic E-state index is -2.93. The van der Waals surface area contributed by atoms with Crippen molar-refractivity contribution in [1.29, 1.82) is 0 Å². The van der Waals surface area contributed by atoms with E-state index < -0.39 is 34.4 Å². The first-order chi connectivity index (χ1) is 17.6. The van der Waals surface area contributed by atoms with Crippen LogP contribution in [0, 0.1) is 0 Å². The van der Waals surface area contributed by atoms with E-state index in [1.165, 1.54) is 17.2 Å². The number of hydrogen-bond donors (Lipinski definition) is 6. The Morgan fingerprint density at radius 2 is 1.92 bits per heavy atom. The lowest BCUT2D eigenvalue weighted by atomic mass is 10.1. The van der Waals surface area contributed by atoms with E-state index >= 15 is 0 Å². The third kappa shape index (κ3) is 8.20. The number of nitrogens with one attached hydrogen (secondary N) is 3. The molecular weight excluding hydrogens is 504 g/mol. The molecule has 14 nitrogen and oxygen atoms in total. The van der Waals surface area contributed by atoms with Gasteiger partial charge in [0, 0.05) is 38.1 Å². The second-order valence-electron chi connectivity index (χ2n) is 9.18. The molecule has 3 rings (SSSR count). The first-order valence-electron chi connectivity index (χ1n) is 12.5. The summed E-state index contributed by atoms with van der Waals surface area (Å²) < 4.78 is 29.6. The van der Waals surface area contributed by atoms with E-state index in [4.69, 9.17) is 10.5 Å². The van der Waals surface area contributed by atoms with Crippen LogP contribution in [0.4, 0.5) is 11.8 Å². The number of amides is 1. The van der Waals surface area contributed by atoms with Gasteiger partial charge in [-0.25, -0.2) is 13.4 Å². The van der Waals surface area contributed by atoms with Crippen LogP contribution < -0.4 is 21.7 Å². The molecule has 7 N–H and O–H groups in total. The molecule has 1 saturated heterocycles. The van der Waals surface area contributed by atoms with Gasteiger partial charge in [0.1, 0.15) is 33.7 Å². The summed E-state index contributed by atoms with van der Waals surface area (Å²) in [6.45, 7) is 3.72. The molecule has 4 atom stereocenters. The van der Waals surface area contributed by atoms with E-state index in [0.29, 0.717) is 56.6 Å². The monoisotopic (exact) mass is 542 g/mol. The highest BCUT2D eigenvalue weighted by Crippen LogP contribution is 2.32. The third-order valence-electron chi connectivity index (χ3n) is 6.05. The maximum Gasteiger partial charge on any atom is 0.226 e. The SMILES string of the molecule is CCNC[C@H]1O[C@@H](n2cnc3c(N)nc(NCCNC(=O)CCCCCCS(C)(=O)=O)nc32)[C@H](O)[C@@H]1O. The highest BCUT2D eigenvalue weighted by molar-refractivity contribution is 7.90. The number of carbonyl (C=O) groups excluding carboxylic acids is 1. The number of carbonyl (C=O) groups is 1. The Labute approximate surface area is 216 Å². The summed E-state index contributed by atoms with van der Waals surface area (Å²) in [4.78, 5) is 24.9. The van der Waals surface area contributed by atoms with E-state index in [1.54, 1.807) is 0 Å². The number of fused-ring (bicyclic) bond motifs is 1. The number of aliphatic hydroxyl groups is 2. The molecule has 1 aliphatic heterocycles. The number of aliphatic hydroxyl groups excluding tert-OH is 2. The zero-order chi connectivity index (χ0) is 27.0. The van der Waals surface area contributed by atoms with Crippen molar-refractivity contribution in [2.24, 2.45) is 0 Å². The third-order valence-corrected chi connectivity index (χ3v) is 7.08. The standard InChI is InChI=1S/C22H38N8O6S/c1-3-24-12-14-17(32)18(33)21(36-14)30-13-27-16-19(23)28-22(29-20(16)30)26-10-9-25-15(31)8-6-4-5-7-11-37(2,34)35/h13-14,17-18,21,24,32-33H,3-12H2,1-2H3,(H,25,31)(H3,23,26,28,29)/t14-,17-,18-,21-/m1/s1. The van der Waals surface area contributed by atoms with Crippen molar-refractivity contribution in [3.05, 3.63) is 6.33 Å². The van der Waals surface area contributed by atoms with Crippen LogP contribution in [0.5, 0.6) is 0 Å². The fraction of sp³-hybridized carbons (Fsp3) is 0.727. The first-order valence-corrected chi connectivity index (χ1v) is 14.6. The van der Waals surface area contributed by atoms with Gasteiger partial charge in [-0.05, 0) is 19.4 Å². The van der Waals surface area contributed by atoms with Gasteiger partial charge >= 0.3 is 0 Å². The lowest BCUT2D eigenvalue weighted by Crippen LogP contribution is -2.37. The normalized spacial score (nSPS) is 21.9. The van der Waals surface area contributed by atoms with Crippen LogP contribution in [-0.2, 0) is 19.4 Å². The number of sulfone groups is 1. The van der Waals surface area contributed by atoms with Crippen LogP contribution in [-0.4, -0.2) is 101 Å². The first kappa shape index (κ1) is 29.0. The topological polar surface area (TPSA) is 207 Å². The number of aromatic nitrogens is 4. The fourth-order valence-electron chi connectivity index (χ4n) is 4.09. The quantitative estimate of drug-likeness (QED) is 0.152. The highest BCUT2D eigenvalue weighted by atomic mass is 32.2. The Bertz CT molecular complexity index is 1140. The Morgan fingerprint density at radius 1 is 1.16 bits per heavy atom. The zero-order valence-electron chi connectivity index (χ0n) is 21.3. The van der Waals surface area contributed by atoms with Crippen molar-refractivity contribution >= 4 is 38.7 Å². The van der Waals surface area contributed by atoms with Gasteiger partial charge in [0.25, 0.3) is 0 Å². The predicted molar refractivity (Wildman–Crippen MR) is 138 cm³/mol.